The Morgan fingerprint density at radius 2 is 2.20 bits per heavy atom. The Balaban J connectivity index is 2.00. The number of carbonyl (C=O) groups excluding carboxylic acids is 1. The molecule has 1 heterocycles. The minimum absolute atomic E-state index is 0.0954. The second kappa shape index (κ2) is 6.03. The zero-order valence-corrected chi connectivity index (χ0v) is 11.4. The molecule has 1 fully saturated rings. The Labute approximate surface area is 117 Å². The number of nitrogens with zero attached hydrogens (tertiary/aromatic N) is 1. The number of hydrogen-bond acceptors (Lipinski definition) is 2. The van der Waals surface area contributed by atoms with Crippen LogP contribution in [0.25, 0.3) is 0 Å². The number of carbonyl (C=O) groups is 2. The van der Waals surface area contributed by atoms with E-state index >= 15 is 0 Å². The number of rotatable bonds is 3. The first kappa shape index (κ1) is 14.5. The van der Waals surface area contributed by atoms with Crippen molar-refractivity contribution < 1.29 is 19.1 Å². The second-order valence-electron chi connectivity index (χ2n) is 5.28. The number of carboxylic acid groups (broad SMARTS) is 1. The van der Waals surface area contributed by atoms with Gasteiger partial charge in [0.05, 0.1) is 12.3 Å². The third-order valence-corrected chi connectivity index (χ3v) is 3.70. The molecule has 1 amide bonds. The molecule has 4 nitrogen and oxygen atoms in total. The highest BCUT2D eigenvalue weighted by atomic mass is 19.1. The summed E-state index contributed by atoms with van der Waals surface area (Å²) in [6.07, 6.45) is 1.52. The predicted octanol–water partition coefficient (Wildman–Crippen LogP) is 2.00. The van der Waals surface area contributed by atoms with Gasteiger partial charge >= 0.3 is 5.97 Å². The Bertz CT molecular complexity index is 530. The minimum Gasteiger partial charge on any atom is -0.481 e. The zero-order chi connectivity index (χ0) is 14.7. The molecule has 0 aromatic heterocycles. The van der Waals surface area contributed by atoms with Gasteiger partial charge in [-0.15, -0.1) is 0 Å². The molecule has 108 valence electrons. The van der Waals surface area contributed by atoms with Gasteiger partial charge in [0.15, 0.2) is 0 Å². The summed E-state index contributed by atoms with van der Waals surface area (Å²) in [5.41, 5.74) is 1.27. The molecule has 1 aromatic rings. The molecule has 0 aliphatic carbocycles. The van der Waals surface area contributed by atoms with E-state index < -0.39 is 11.9 Å². The van der Waals surface area contributed by atoms with Gasteiger partial charge in [-0.05, 0) is 37.0 Å². The van der Waals surface area contributed by atoms with Crippen LogP contribution in [0.5, 0.6) is 0 Å². The number of amides is 1. The third-order valence-electron chi connectivity index (χ3n) is 3.70. The number of aliphatic carboxylic acids is 1. The summed E-state index contributed by atoms with van der Waals surface area (Å²) in [5, 5.41) is 9.01. The number of hydrogen-bond donors (Lipinski definition) is 1. The number of likely N-dealkylation sites (tertiary alicyclic amines) is 1. The van der Waals surface area contributed by atoms with Crippen LogP contribution < -0.4 is 0 Å². The van der Waals surface area contributed by atoms with E-state index in [9.17, 15) is 14.0 Å². The number of benzene rings is 1. The average Bonchev–Trinajstić information content (AvgIpc) is 2.43. The van der Waals surface area contributed by atoms with Gasteiger partial charge in [-0.2, -0.15) is 0 Å². The smallest absolute Gasteiger partial charge is 0.308 e. The topological polar surface area (TPSA) is 57.6 Å². The molecule has 1 N–H and O–H groups in total. The molecule has 1 aromatic carbocycles. The van der Waals surface area contributed by atoms with E-state index in [-0.39, 0.29) is 24.7 Å². The number of piperidine rings is 1. The molecule has 1 aliphatic rings. The van der Waals surface area contributed by atoms with Gasteiger partial charge in [-0.3, -0.25) is 9.59 Å². The summed E-state index contributed by atoms with van der Waals surface area (Å²) >= 11 is 0. The van der Waals surface area contributed by atoms with Crippen LogP contribution in [0, 0.1) is 18.7 Å². The summed E-state index contributed by atoms with van der Waals surface area (Å²) in [6, 6.07) is 4.61. The number of carboxylic acids is 1. The van der Waals surface area contributed by atoms with Crippen LogP contribution in [0.2, 0.25) is 0 Å². The Kier molecular flexibility index (Phi) is 4.37. The molecule has 1 saturated heterocycles. The standard InChI is InChI=1S/C15H18FNO3/c1-10-7-11(4-5-13(10)16)8-14(18)17-6-2-3-12(9-17)15(19)20/h4-5,7,12H,2-3,6,8-9H2,1H3,(H,19,20). The summed E-state index contributed by atoms with van der Waals surface area (Å²) in [6.45, 7) is 2.53. The second-order valence-corrected chi connectivity index (χ2v) is 5.28. The summed E-state index contributed by atoms with van der Waals surface area (Å²) in [7, 11) is 0. The third kappa shape index (κ3) is 3.35. The van der Waals surface area contributed by atoms with Gasteiger partial charge in [0.2, 0.25) is 5.91 Å². The van der Waals surface area contributed by atoms with Crippen molar-refractivity contribution in [3.8, 4) is 0 Å². The number of aryl methyl sites for hydroxylation is 1. The molecule has 1 unspecified atom stereocenters. The minimum atomic E-state index is -0.847. The van der Waals surface area contributed by atoms with Crippen molar-refractivity contribution in [3.63, 3.8) is 0 Å². The average molecular weight is 279 g/mol. The molecule has 20 heavy (non-hydrogen) atoms. The maximum absolute atomic E-state index is 13.2. The van der Waals surface area contributed by atoms with Crippen LogP contribution in [0.3, 0.4) is 0 Å². The van der Waals surface area contributed by atoms with E-state index in [0.29, 0.717) is 24.9 Å². The molecule has 0 saturated carbocycles. The highest BCUT2D eigenvalue weighted by molar-refractivity contribution is 5.80. The van der Waals surface area contributed by atoms with Gasteiger partial charge in [0, 0.05) is 13.1 Å². The molecule has 1 atom stereocenters. The Hall–Kier alpha value is -1.91. The largest absolute Gasteiger partial charge is 0.481 e. The quantitative estimate of drug-likeness (QED) is 0.920. The lowest BCUT2D eigenvalue weighted by molar-refractivity contribution is -0.145. The van der Waals surface area contributed by atoms with Crippen LogP contribution in [-0.2, 0) is 16.0 Å². The van der Waals surface area contributed by atoms with Gasteiger partial charge in [0.25, 0.3) is 0 Å². The van der Waals surface area contributed by atoms with Crippen molar-refractivity contribution in [2.75, 3.05) is 13.1 Å². The number of halogens is 1. The monoisotopic (exact) mass is 279 g/mol. The Morgan fingerprint density at radius 3 is 2.85 bits per heavy atom. The van der Waals surface area contributed by atoms with Crippen LogP contribution in [0.1, 0.15) is 24.0 Å². The maximum atomic E-state index is 13.2. The molecule has 2 rings (SSSR count). The van der Waals surface area contributed by atoms with Crippen LogP contribution in [0.15, 0.2) is 18.2 Å². The first-order chi connectivity index (χ1) is 9.47. The van der Waals surface area contributed by atoms with Crippen LogP contribution >= 0.6 is 0 Å². The van der Waals surface area contributed by atoms with E-state index in [2.05, 4.69) is 0 Å². The molecular weight excluding hydrogens is 261 g/mol. The molecule has 5 heteroatoms. The van der Waals surface area contributed by atoms with E-state index in [4.69, 9.17) is 5.11 Å². The fraction of sp³-hybridized carbons (Fsp3) is 0.467. The molecule has 0 bridgehead atoms. The first-order valence-electron chi connectivity index (χ1n) is 6.73. The van der Waals surface area contributed by atoms with Crippen molar-refractivity contribution in [1.82, 2.24) is 4.90 Å². The van der Waals surface area contributed by atoms with Crippen molar-refractivity contribution in [1.29, 1.82) is 0 Å². The lowest BCUT2D eigenvalue weighted by Crippen LogP contribution is -2.43. The van der Waals surface area contributed by atoms with E-state index in [1.54, 1.807) is 24.0 Å². The van der Waals surface area contributed by atoms with Crippen molar-refractivity contribution in [2.24, 2.45) is 5.92 Å². The highest BCUT2D eigenvalue weighted by Crippen LogP contribution is 2.18. The summed E-state index contributed by atoms with van der Waals surface area (Å²) < 4.78 is 13.2. The fourth-order valence-electron chi connectivity index (χ4n) is 2.51. The predicted molar refractivity (Wildman–Crippen MR) is 71.8 cm³/mol. The summed E-state index contributed by atoms with van der Waals surface area (Å²) in [5.74, 6) is -1.70. The van der Waals surface area contributed by atoms with E-state index in [1.165, 1.54) is 6.07 Å². The summed E-state index contributed by atoms with van der Waals surface area (Å²) in [4.78, 5) is 24.8. The van der Waals surface area contributed by atoms with E-state index in [0.717, 1.165) is 5.56 Å². The SMILES string of the molecule is Cc1cc(CC(=O)N2CCCC(C(=O)O)C2)ccc1F. The molecule has 1 aliphatic heterocycles. The Morgan fingerprint density at radius 1 is 1.45 bits per heavy atom. The lowest BCUT2D eigenvalue weighted by atomic mass is 9.97. The molecular formula is C15H18FNO3. The highest BCUT2D eigenvalue weighted by Gasteiger charge is 2.27. The van der Waals surface area contributed by atoms with Crippen molar-refractivity contribution >= 4 is 11.9 Å². The van der Waals surface area contributed by atoms with Gasteiger partial charge < -0.3 is 10.0 Å². The van der Waals surface area contributed by atoms with Gasteiger partial charge in [-0.1, -0.05) is 12.1 Å². The van der Waals surface area contributed by atoms with Gasteiger partial charge in [0.1, 0.15) is 5.82 Å². The van der Waals surface area contributed by atoms with Crippen LogP contribution in [0.4, 0.5) is 4.39 Å². The fourth-order valence-corrected chi connectivity index (χ4v) is 2.51. The maximum Gasteiger partial charge on any atom is 0.308 e. The molecule has 0 radical (unpaired) electrons. The van der Waals surface area contributed by atoms with E-state index in [1.807, 2.05) is 0 Å². The van der Waals surface area contributed by atoms with Crippen molar-refractivity contribution in [3.05, 3.63) is 35.1 Å². The zero-order valence-electron chi connectivity index (χ0n) is 11.4. The first-order valence-corrected chi connectivity index (χ1v) is 6.73. The lowest BCUT2D eigenvalue weighted by Gasteiger charge is -2.30. The van der Waals surface area contributed by atoms with Crippen molar-refractivity contribution in [2.45, 2.75) is 26.2 Å². The normalized spacial score (nSPS) is 18.9. The molecule has 0 spiro atoms. The van der Waals surface area contributed by atoms with Gasteiger partial charge in [-0.25, -0.2) is 4.39 Å². The van der Waals surface area contributed by atoms with Crippen LogP contribution in [-0.4, -0.2) is 35.0 Å².